The summed E-state index contributed by atoms with van der Waals surface area (Å²) in [5.41, 5.74) is 9.56. The molecule has 4 aromatic heterocycles. The zero-order chi connectivity index (χ0) is 35.1. The zero-order valence-electron chi connectivity index (χ0n) is 29.0. The summed E-state index contributed by atoms with van der Waals surface area (Å²) in [6.07, 6.45) is 0. The average molecular weight is 685 g/mol. The van der Waals surface area contributed by atoms with E-state index in [1.807, 2.05) is 0 Å². The molecule has 0 amide bonds. The van der Waals surface area contributed by atoms with Crippen molar-refractivity contribution in [3.8, 4) is 17.1 Å². The lowest BCUT2D eigenvalue weighted by Gasteiger charge is -2.16. The minimum atomic E-state index is 0.825. The highest BCUT2D eigenvalue weighted by atomic mass is 15.1. The highest BCUT2D eigenvalue weighted by Gasteiger charge is 2.27. The standard InChI is InChI=1S/C50H28N4/c1-2-14-30(15-3-1)46-50(52-47-34-19-8-4-13-29(34)25-26-39(47)51-46)54-41-24-12-22-36-38-27-31-16-5-7-18-33(31)43-37-21-10-11-23-40(37)53(49(38)43)42-28-32-17-6-9-20-35(32)48(54)45(42)44(36)41/h1-28H. The van der Waals surface area contributed by atoms with Crippen molar-refractivity contribution in [3.05, 3.63) is 170 Å². The Hall–Kier alpha value is -7.30. The molecule has 4 nitrogen and oxygen atoms in total. The summed E-state index contributed by atoms with van der Waals surface area (Å²) in [7, 11) is 0. The van der Waals surface area contributed by atoms with Gasteiger partial charge in [-0.25, -0.2) is 9.97 Å². The lowest BCUT2D eigenvalue weighted by molar-refractivity contribution is 1.09. The van der Waals surface area contributed by atoms with Crippen molar-refractivity contribution in [1.82, 2.24) is 18.9 Å². The summed E-state index contributed by atoms with van der Waals surface area (Å²) in [6.45, 7) is 0. The molecule has 9 aromatic carbocycles. The summed E-state index contributed by atoms with van der Waals surface area (Å²) in [5.74, 6) is 0.825. The van der Waals surface area contributed by atoms with Crippen molar-refractivity contribution < 1.29 is 0 Å². The Bertz CT molecular complexity index is 3720. The second-order valence-corrected chi connectivity index (χ2v) is 14.5. The van der Waals surface area contributed by atoms with Crippen LogP contribution in [0.15, 0.2) is 170 Å². The van der Waals surface area contributed by atoms with E-state index in [1.54, 1.807) is 0 Å². The predicted molar refractivity (Wildman–Crippen MR) is 226 cm³/mol. The van der Waals surface area contributed by atoms with Gasteiger partial charge in [-0.15, -0.1) is 0 Å². The van der Waals surface area contributed by atoms with Gasteiger partial charge < -0.3 is 4.40 Å². The van der Waals surface area contributed by atoms with Crippen molar-refractivity contribution in [2.45, 2.75) is 0 Å². The summed E-state index contributed by atoms with van der Waals surface area (Å²) < 4.78 is 4.97. The van der Waals surface area contributed by atoms with Crippen LogP contribution in [-0.4, -0.2) is 18.9 Å². The predicted octanol–water partition coefficient (Wildman–Crippen LogP) is 13.0. The minimum absolute atomic E-state index is 0.825. The molecule has 0 fully saturated rings. The van der Waals surface area contributed by atoms with Crippen LogP contribution >= 0.6 is 0 Å². The highest BCUT2D eigenvalue weighted by Crippen LogP contribution is 2.48. The first-order valence-electron chi connectivity index (χ1n) is 18.5. The molecule has 0 atom stereocenters. The highest BCUT2D eigenvalue weighted by molar-refractivity contribution is 6.37. The fourth-order valence-electron chi connectivity index (χ4n) is 9.55. The molecule has 13 aromatic rings. The van der Waals surface area contributed by atoms with Crippen LogP contribution in [0.4, 0.5) is 0 Å². The molecule has 0 radical (unpaired) electrons. The van der Waals surface area contributed by atoms with Crippen LogP contribution in [0.3, 0.4) is 0 Å². The van der Waals surface area contributed by atoms with E-state index in [4.69, 9.17) is 9.97 Å². The molecular formula is C50H28N4. The Morgan fingerprint density at radius 1 is 0.370 bits per heavy atom. The number of aromatic nitrogens is 4. The second-order valence-electron chi connectivity index (χ2n) is 14.5. The van der Waals surface area contributed by atoms with Crippen molar-refractivity contribution in [3.63, 3.8) is 0 Å². The van der Waals surface area contributed by atoms with E-state index in [2.05, 4.69) is 179 Å². The van der Waals surface area contributed by atoms with E-state index in [0.29, 0.717) is 0 Å². The molecular weight excluding hydrogens is 657 g/mol. The third-order valence-corrected chi connectivity index (χ3v) is 11.7. The maximum atomic E-state index is 5.69. The van der Waals surface area contributed by atoms with Gasteiger partial charge in [0.15, 0.2) is 5.82 Å². The maximum absolute atomic E-state index is 5.69. The molecule has 54 heavy (non-hydrogen) atoms. The SMILES string of the molecule is c1ccc(-c2nc3ccc4ccccc4c3nc2-n2c3cccc4c5cc6ccccc6c6c7ccccc7n(c7cc8ccccc8c2c7c43)c56)cc1. The molecule has 0 aliphatic rings. The fraction of sp³-hybridized carbons (Fsp3) is 0. The minimum Gasteiger partial charge on any atom is -0.308 e. The quantitative estimate of drug-likeness (QED) is 0.170. The van der Waals surface area contributed by atoms with Gasteiger partial charge >= 0.3 is 0 Å². The Kier molecular flexibility index (Phi) is 5.34. The Morgan fingerprint density at radius 2 is 1.04 bits per heavy atom. The van der Waals surface area contributed by atoms with Gasteiger partial charge in [-0.3, -0.25) is 4.57 Å². The van der Waals surface area contributed by atoms with Gasteiger partial charge in [-0.2, -0.15) is 0 Å². The lowest BCUT2D eigenvalue weighted by atomic mass is 9.98. The first kappa shape index (κ1) is 28.3. The molecule has 13 rings (SSSR count). The normalized spacial score (nSPS) is 12.4. The van der Waals surface area contributed by atoms with Gasteiger partial charge in [-0.05, 0) is 57.3 Å². The first-order valence-corrected chi connectivity index (χ1v) is 18.5. The van der Waals surface area contributed by atoms with Crippen LogP contribution < -0.4 is 0 Å². The van der Waals surface area contributed by atoms with Gasteiger partial charge in [-0.1, -0.05) is 140 Å². The van der Waals surface area contributed by atoms with Crippen LogP contribution in [0.25, 0.3) is 120 Å². The van der Waals surface area contributed by atoms with Crippen molar-refractivity contribution in [1.29, 1.82) is 0 Å². The van der Waals surface area contributed by atoms with Crippen LogP contribution in [0.5, 0.6) is 0 Å². The summed E-state index contributed by atoms with van der Waals surface area (Å²) >= 11 is 0. The largest absolute Gasteiger partial charge is 0.308 e. The van der Waals surface area contributed by atoms with Crippen molar-refractivity contribution >= 4 is 103 Å². The van der Waals surface area contributed by atoms with E-state index in [9.17, 15) is 0 Å². The van der Waals surface area contributed by atoms with Crippen molar-refractivity contribution in [2.24, 2.45) is 0 Å². The number of hydrogen-bond donors (Lipinski definition) is 0. The molecule has 0 unspecified atom stereocenters. The molecule has 248 valence electrons. The van der Waals surface area contributed by atoms with E-state index >= 15 is 0 Å². The van der Waals surface area contributed by atoms with Crippen LogP contribution in [0.2, 0.25) is 0 Å². The van der Waals surface area contributed by atoms with Gasteiger partial charge in [0.2, 0.25) is 0 Å². The van der Waals surface area contributed by atoms with Gasteiger partial charge in [0.05, 0.1) is 38.6 Å². The monoisotopic (exact) mass is 684 g/mol. The smallest absolute Gasteiger partial charge is 0.165 e. The fourth-order valence-corrected chi connectivity index (χ4v) is 9.55. The summed E-state index contributed by atoms with van der Waals surface area (Å²) in [4.78, 5) is 11.2. The number of rotatable bonds is 2. The zero-order valence-corrected chi connectivity index (χ0v) is 29.0. The molecule has 0 aliphatic heterocycles. The molecule has 0 spiro atoms. The van der Waals surface area contributed by atoms with Crippen LogP contribution in [0.1, 0.15) is 0 Å². The average Bonchev–Trinajstić information content (AvgIpc) is 3.74. The third-order valence-electron chi connectivity index (χ3n) is 11.7. The van der Waals surface area contributed by atoms with Crippen LogP contribution in [0, 0.1) is 0 Å². The maximum Gasteiger partial charge on any atom is 0.165 e. The van der Waals surface area contributed by atoms with E-state index < -0.39 is 0 Å². The Balaban J connectivity index is 1.35. The number of hydrogen-bond acceptors (Lipinski definition) is 2. The van der Waals surface area contributed by atoms with E-state index in [0.717, 1.165) is 49.9 Å². The molecule has 0 aliphatic carbocycles. The van der Waals surface area contributed by atoms with Gasteiger partial charge in [0, 0.05) is 43.3 Å². The Morgan fingerprint density at radius 3 is 1.89 bits per heavy atom. The summed E-state index contributed by atoms with van der Waals surface area (Å²) in [5, 5.41) is 14.6. The summed E-state index contributed by atoms with van der Waals surface area (Å²) in [6, 6.07) is 61.5. The van der Waals surface area contributed by atoms with E-state index in [-0.39, 0.29) is 0 Å². The Labute approximate surface area is 308 Å². The molecule has 0 saturated heterocycles. The number of benzene rings is 9. The number of fused-ring (bicyclic) bond motifs is 12. The number of para-hydroxylation sites is 1. The van der Waals surface area contributed by atoms with E-state index in [1.165, 1.54) is 70.4 Å². The topological polar surface area (TPSA) is 35.1 Å². The second kappa shape index (κ2) is 10.2. The first-order chi connectivity index (χ1) is 26.8. The van der Waals surface area contributed by atoms with Gasteiger partial charge in [0.25, 0.3) is 0 Å². The third kappa shape index (κ3) is 3.52. The van der Waals surface area contributed by atoms with Crippen LogP contribution in [-0.2, 0) is 0 Å². The molecule has 4 heteroatoms. The lowest BCUT2D eigenvalue weighted by Crippen LogP contribution is -2.04. The van der Waals surface area contributed by atoms with Crippen molar-refractivity contribution in [2.75, 3.05) is 0 Å². The molecule has 0 saturated carbocycles. The van der Waals surface area contributed by atoms with Gasteiger partial charge in [0.1, 0.15) is 5.69 Å². The molecule has 0 N–H and O–H groups in total. The molecule has 0 bridgehead atoms. The number of nitrogens with zero attached hydrogens (tertiary/aromatic N) is 4. The molecule has 4 heterocycles.